The van der Waals surface area contributed by atoms with E-state index in [-0.39, 0.29) is 5.56 Å². The predicted molar refractivity (Wildman–Crippen MR) is 52.0 cm³/mol. The van der Waals surface area contributed by atoms with E-state index in [1.807, 2.05) is 0 Å². The zero-order valence-electron chi connectivity index (χ0n) is 8.37. The number of halogens is 1. The molecular formula is C10H9FO6. The fraction of sp³-hybridized carbons (Fsp3) is 0.200. The maximum absolute atomic E-state index is 13.4. The van der Waals surface area contributed by atoms with Crippen LogP contribution in [-0.4, -0.2) is 38.5 Å². The molecule has 0 amide bonds. The molecule has 0 aliphatic rings. The predicted octanol–water partition coefficient (Wildman–Crippen LogP) is 0.00280. The number of hydrogen-bond donors (Lipinski definition) is 4. The lowest BCUT2D eigenvalue weighted by Crippen LogP contribution is -2.28. The standard InChI is InChI=1S/C10H9FO6/c11-6-3-4(9(14)15)1-2-5(6)7(12)8(13)10(16)17/h1-3,7-8,12-13H,(H,14,15)(H,16,17). The van der Waals surface area contributed by atoms with Gasteiger partial charge in [-0.1, -0.05) is 6.07 Å². The van der Waals surface area contributed by atoms with Crippen LogP contribution in [0.25, 0.3) is 0 Å². The zero-order chi connectivity index (χ0) is 13.2. The van der Waals surface area contributed by atoms with Crippen LogP contribution in [0.1, 0.15) is 22.0 Å². The van der Waals surface area contributed by atoms with Crippen LogP contribution >= 0.6 is 0 Å². The summed E-state index contributed by atoms with van der Waals surface area (Å²) in [6.07, 6.45) is -4.14. The van der Waals surface area contributed by atoms with Crippen LogP contribution in [0.15, 0.2) is 18.2 Å². The van der Waals surface area contributed by atoms with Gasteiger partial charge in [-0.25, -0.2) is 14.0 Å². The van der Waals surface area contributed by atoms with Gasteiger partial charge in [-0.3, -0.25) is 0 Å². The van der Waals surface area contributed by atoms with E-state index >= 15 is 0 Å². The first-order chi connectivity index (χ1) is 7.84. The minimum atomic E-state index is -2.18. The molecule has 1 aromatic rings. The third-order valence-electron chi connectivity index (χ3n) is 2.12. The summed E-state index contributed by atoms with van der Waals surface area (Å²) in [6.45, 7) is 0. The Morgan fingerprint density at radius 2 is 1.76 bits per heavy atom. The number of aromatic carboxylic acids is 1. The molecule has 0 aliphatic heterocycles. The van der Waals surface area contributed by atoms with Crippen molar-refractivity contribution >= 4 is 11.9 Å². The molecule has 0 radical (unpaired) electrons. The minimum absolute atomic E-state index is 0.344. The summed E-state index contributed by atoms with van der Waals surface area (Å²) >= 11 is 0. The molecule has 2 unspecified atom stereocenters. The van der Waals surface area contributed by atoms with E-state index in [1.165, 1.54) is 0 Å². The van der Waals surface area contributed by atoms with Crippen LogP contribution in [0.4, 0.5) is 4.39 Å². The molecule has 17 heavy (non-hydrogen) atoms. The summed E-state index contributed by atoms with van der Waals surface area (Å²) in [5.41, 5.74) is -0.826. The molecule has 0 heterocycles. The lowest BCUT2D eigenvalue weighted by molar-refractivity contribution is -0.153. The fourth-order valence-electron chi connectivity index (χ4n) is 1.21. The molecule has 0 aliphatic carbocycles. The molecule has 0 fully saturated rings. The summed E-state index contributed by atoms with van der Waals surface area (Å²) in [6, 6.07) is 2.55. The molecule has 0 spiro atoms. The van der Waals surface area contributed by atoms with Crippen molar-refractivity contribution in [1.29, 1.82) is 0 Å². The molecule has 0 aromatic heterocycles. The number of carboxylic acids is 2. The van der Waals surface area contributed by atoms with Gasteiger partial charge in [0.2, 0.25) is 0 Å². The van der Waals surface area contributed by atoms with E-state index in [0.717, 1.165) is 12.1 Å². The molecular weight excluding hydrogens is 235 g/mol. The zero-order valence-corrected chi connectivity index (χ0v) is 8.37. The molecule has 0 bridgehead atoms. The highest BCUT2D eigenvalue weighted by atomic mass is 19.1. The van der Waals surface area contributed by atoms with Gasteiger partial charge in [-0.15, -0.1) is 0 Å². The largest absolute Gasteiger partial charge is 0.479 e. The topological polar surface area (TPSA) is 115 Å². The SMILES string of the molecule is O=C(O)c1ccc(C(O)C(O)C(=O)O)c(F)c1. The number of rotatable bonds is 4. The molecule has 0 saturated heterocycles. The molecule has 7 heteroatoms. The van der Waals surface area contributed by atoms with Gasteiger partial charge in [0.05, 0.1) is 5.56 Å². The van der Waals surface area contributed by atoms with Crippen molar-refractivity contribution in [2.75, 3.05) is 0 Å². The van der Waals surface area contributed by atoms with Gasteiger partial charge in [-0.05, 0) is 12.1 Å². The van der Waals surface area contributed by atoms with Crippen molar-refractivity contribution in [3.05, 3.63) is 35.1 Å². The lowest BCUT2D eigenvalue weighted by atomic mass is 10.0. The molecule has 1 rings (SSSR count). The van der Waals surface area contributed by atoms with Gasteiger partial charge in [0.15, 0.2) is 6.10 Å². The normalized spacial score (nSPS) is 14.1. The first-order valence-corrected chi connectivity index (χ1v) is 4.46. The van der Waals surface area contributed by atoms with Crippen molar-refractivity contribution < 1.29 is 34.4 Å². The summed E-state index contributed by atoms with van der Waals surface area (Å²) in [5.74, 6) is -4.17. The molecule has 6 nitrogen and oxygen atoms in total. The second-order valence-electron chi connectivity index (χ2n) is 3.27. The third-order valence-corrected chi connectivity index (χ3v) is 2.12. The number of aliphatic hydroxyl groups excluding tert-OH is 2. The third kappa shape index (κ3) is 2.77. The second-order valence-corrected chi connectivity index (χ2v) is 3.27. The fourth-order valence-corrected chi connectivity index (χ4v) is 1.21. The van der Waals surface area contributed by atoms with Gasteiger partial charge in [-0.2, -0.15) is 0 Å². The summed E-state index contributed by atoms with van der Waals surface area (Å²) in [5, 5.41) is 35.4. The second kappa shape index (κ2) is 4.89. The number of hydrogen-bond acceptors (Lipinski definition) is 4. The van der Waals surface area contributed by atoms with Crippen molar-refractivity contribution in [3.63, 3.8) is 0 Å². The molecule has 4 N–H and O–H groups in total. The number of carboxylic acid groups (broad SMARTS) is 2. The van der Waals surface area contributed by atoms with Gasteiger partial charge in [0, 0.05) is 5.56 Å². The Kier molecular flexibility index (Phi) is 3.77. The van der Waals surface area contributed by atoms with E-state index in [4.69, 9.17) is 15.3 Å². The highest BCUT2D eigenvalue weighted by Crippen LogP contribution is 2.21. The monoisotopic (exact) mass is 244 g/mol. The molecule has 2 atom stereocenters. The number of carbonyl (C=O) groups is 2. The molecule has 0 saturated carbocycles. The van der Waals surface area contributed by atoms with Crippen LogP contribution in [0.5, 0.6) is 0 Å². The maximum Gasteiger partial charge on any atom is 0.335 e. The summed E-state index contributed by atoms with van der Waals surface area (Å²) in [4.78, 5) is 20.9. The minimum Gasteiger partial charge on any atom is -0.479 e. The Balaban J connectivity index is 3.08. The van der Waals surface area contributed by atoms with Gasteiger partial charge >= 0.3 is 11.9 Å². The summed E-state index contributed by atoms with van der Waals surface area (Å²) in [7, 11) is 0. The highest BCUT2D eigenvalue weighted by Gasteiger charge is 2.27. The van der Waals surface area contributed by atoms with E-state index in [1.54, 1.807) is 0 Å². The van der Waals surface area contributed by atoms with Gasteiger partial charge < -0.3 is 20.4 Å². The van der Waals surface area contributed by atoms with E-state index in [0.29, 0.717) is 6.07 Å². The Bertz CT molecular complexity index is 458. The van der Waals surface area contributed by atoms with Gasteiger partial charge in [0.1, 0.15) is 11.9 Å². The van der Waals surface area contributed by atoms with Crippen LogP contribution in [0.3, 0.4) is 0 Å². The summed E-state index contributed by atoms with van der Waals surface area (Å²) < 4.78 is 13.4. The average Bonchev–Trinajstić information content (AvgIpc) is 2.26. The Morgan fingerprint density at radius 1 is 1.18 bits per heavy atom. The van der Waals surface area contributed by atoms with Crippen LogP contribution < -0.4 is 0 Å². The Labute approximate surface area is 94.6 Å². The Morgan fingerprint density at radius 3 is 2.18 bits per heavy atom. The molecule has 92 valence electrons. The number of aliphatic carboxylic acids is 1. The van der Waals surface area contributed by atoms with Crippen LogP contribution in [-0.2, 0) is 4.79 Å². The quantitative estimate of drug-likeness (QED) is 0.592. The van der Waals surface area contributed by atoms with Crippen molar-refractivity contribution in [2.45, 2.75) is 12.2 Å². The average molecular weight is 244 g/mol. The molecule has 1 aromatic carbocycles. The number of benzene rings is 1. The van der Waals surface area contributed by atoms with Gasteiger partial charge in [0.25, 0.3) is 0 Å². The maximum atomic E-state index is 13.4. The number of aliphatic hydroxyl groups is 2. The van der Waals surface area contributed by atoms with Crippen molar-refractivity contribution in [1.82, 2.24) is 0 Å². The first kappa shape index (κ1) is 13.1. The first-order valence-electron chi connectivity index (χ1n) is 4.46. The Hall–Kier alpha value is -1.99. The van der Waals surface area contributed by atoms with E-state index in [2.05, 4.69) is 0 Å². The lowest BCUT2D eigenvalue weighted by Gasteiger charge is -2.15. The van der Waals surface area contributed by atoms with Crippen molar-refractivity contribution in [3.8, 4) is 0 Å². The van der Waals surface area contributed by atoms with E-state index in [9.17, 15) is 19.1 Å². The van der Waals surface area contributed by atoms with Crippen molar-refractivity contribution in [2.24, 2.45) is 0 Å². The van der Waals surface area contributed by atoms with Crippen LogP contribution in [0.2, 0.25) is 0 Å². The van der Waals surface area contributed by atoms with Crippen LogP contribution in [0, 0.1) is 5.82 Å². The van der Waals surface area contributed by atoms with E-state index < -0.39 is 35.5 Å². The highest BCUT2D eigenvalue weighted by molar-refractivity contribution is 5.87. The smallest absolute Gasteiger partial charge is 0.335 e.